The topological polar surface area (TPSA) is 116 Å². The number of phosphoric acid groups is 1. The summed E-state index contributed by atoms with van der Waals surface area (Å²) in [6.45, 7) is 14.4. The number of aliphatic hydroxyl groups is 1. The van der Waals surface area contributed by atoms with Crippen molar-refractivity contribution in [1.82, 2.24) is 0 Å². The summed E-state index contributed by atoms with van der Waals surface area (Å²) >= 11 is 0. The van der Waals surface area contributed by atoms with Crippen LogP contribution in [-0.4, -0.2) is 66.6 Å². The Labute approximate surface area is 179 Å². The van der Waals surface area contributed by atoms with Crippen LogP contribution in [0.25, 0.3) is 0 Å². The minimum absolute atomic E-state index is 0.00925. The normalized spacial score (nSPS) is 36.4. The van der Waals surface area contributed by atoms with Crippen LogP contribution in [0.2, 0.25) is 0 Å². The summed E-state index contributed by atoms with van der Waals surface area (Å²) in [7, 11) is -4.83. The van der Waals surface area contributed by atoms with E-state index in [2.05, 4.69) is 6.58 Å². The molecule has 1 N–H and O–H groups in total. The van der Waals surface area contributed by atoms with Gasteiger partial charge >= 0.3 is 7.82 Å². The zero-order chi connectivity index (χ0) is 22.7. The second-order valence-corrected chi connectivity index (χ2v) is 9.96. The molecular formula is C20H36O9P-. The third-order valence-electron chi connectivity index (χ3n) is 5.03. The van der Waals surface area contributed by atoms with Crippen LogP contribution in [-0.2, 0) is 32.6 Å². The Balaban J connectivity index is 2.07. The van der Waals surface area contributed by atoms with Crippen molar-refractivity contribution >= 4 is 7.82 Å². The molecule has 0 aromatic rings. The first-order valence-corrected chi connectivity index (χ1v) is 11.9. The summed E-state index contributed by atoms with van der Waals surface area (Å²) in [5, 5.41) is 9.95. The Morgan fingerprint density at radius 3 is 2.47 bits per heavy atom. The molecule has 2 fully saturated rings. The van der Waals surface area contributed by atoms with E-state index in [0.717, 1.165) is 0 Å². The van der Waals surface area contributed by atoms with E-state index in [0.29, 0.717) is 6.42 Å². The van der Waals surface area contributed by atoms with Crippen molar-refractivity contribution in [2.24, 2.45) is 0 Å². The highest BCUT2D eigenvalue weighted by Gasteiger charge is 2.50. The molecule has 2 aliphatic rings. The van der Waals surface area contributed by atoms with Gasteiger partial charge in [-0.2, -0.15) is 0 Å². The minimum Gasteiger partial charge on any atom is -0.746 e. The van der Waals surface area contributed by atoms with Gasteiger partial charge in [0.05, 0.1) is 43.7 Å². The van der Waals surface area contributed by atoms with Gasteiger partial charge in [0.1, 0.15) is 23.6 Å². The molecule has 0 amide bonds. The van der Waals surface area contributed by atoms with E-state index in [4.69, 9.17) is 28.0 Å². The number of phosphoric ester groups is 1. The molecule has 0 spiro atoms. The lowest BCUT2D eigenvalue weighted by Crippen LogP contribution is -2.49. The van der Waals surface area contributed by atoms with E-state index in [-0.39, 0.29) is 49.3 Å². The molecule has 2 heterocycles. The van der Waals surface area contributed by atoms with Crippen LogP contribution in [0.15, 0.2) is 12.3 Å². The Hall–Kier alpha value is -0.510. The summed E-state index contributed by atoms with van der Waals surface area (Å²) in [4.78, 5) is 12.7. The van der Waals surface area contributed by atoms with Crippen molar-refractivity contribution in [2.75, 3.05) is 13.2 Å². The zero-order valence-electron chi connectivity index (χ0n) is 18.7. The highest BCUT2D eigenvalue weighted by molar-refractivity contribution is 7.46. The molecule has 2 rings (SSSR count). The predicted octanol–water partition coefficient (Wildman–Crippen LogP) is 2.31. The highest BCUT2D eigenvalue weighted by atomic mass is 31.2. The van der Waals surface area contributed by atoms with Crippen molar-refractivity contribution < 1.29 is 42.6 Å². The molecule has 0 aliphatic carbocycles. The van der Waals surface area contributed by atoms with Crippen molar-refractivity contribution in [1.29, 1.82) is 0 Å². The maximum absolute atomic E-state index is 12.7. The molecule has 0 bridgehead atoms. The highest BCUT2D eigenvalue weighted by Crippen LogP contribution is 2.49. The standard InChI is InChI=1S/C20H37O9P/c1-12(2)24-11-20(10-21)18(9-15(6)27-20)29-30(22,23)28-16(7)19-17(25-13(3)4)8-14(5)26-19/h12-15,17-19,21H,7-11H2,1-6H3,(H,22,23)/p-1/t14-,15-,17?,18?,19+,20+/m0/s1. The van der Waals surface area contributed by atoms with E-state index in [1.807, 2.05) is 34.6 Å². The maximum Gasteiger partial charge on any atom is 0.319 e. The smallest absolute Gasteiger partial charge is 0.319 e. The summed E-state index contributed by atoms with van der Waals surface area (Å²) in [6.07, 6.45) is -1.80. The van der Waals surface area contributed by atoms with Gasteiger partial charge in [0, 0.05) is 12.8 Å². The fraction of sp³-hybridized carbons (Fsp3) is 0.900. The van der Waals surface area contributed by atoms with Gasteiger partial charge in [-0.05, 0) is 41.5 Å². The molecule has 176 valence electrons. The van der Waals surface area contributed by atoms with Gasteiger partial charge in [-0.15, -0.1) is 0 Å². The zero-order valence-corrected chi connectivity index (χ0v) is 19.6. The first-order chi connectivity index (χ1) is 13.9. The molecule has 0 saturated carbocycles. The lowest BCUT2D eigenvalue weighted by Gasteiger charge is -2.36. The van der Waals surface area contributed by atoms with Gasteiger partial charge in [-0.1, -0.05) is 6.58 Å². The minimum atomic E-state index is -4.83. The van der Waals surface area contributed by atoms with Crippen LogP contribution in [0.3, 0.4) is 0 Å². The average molecular weight is 451 g/mol. The molecule has 10 heteroatoms. The monoisotopic (exact) mass is 451 g/mol. The van der Waals surface area contributed by atoms with E-state index in [1.165, 1.54) is 0 Å². The van der Waals surface area contributed by atoms with Gasteiger partial charge in [-0.25, -0.2) is 0 Å². The van der Waals surface area contributed by atoms with Crippen molar-refractivity contribution in [3.63, 3.8) is 0 Å². The number of hydrogen-bond donors (Lipinski definition) is 1. The molecule has 9 nitrogen and oxygen atoms in total. The van der Waals surface area contributed by atoms with Crippen LogP contribution in [0, 0.1) is 0 Å². The SMILES string of the molecule is C=C(OP(=O)([O-])OC1C[C@H](C)O[C@]1(CO)COC(C)C)[C@H]1O[C@@H](C)CC1OC(C)C. The second-order valence-electron chi connectivity index (χ2n) is 8.67. The first kappa shape index (κ1) is 25.7. The van der Waals surface area contributed by atoms with Gasteiger partial charge in [0.2, 0.25) is 0 Å². The molecule has 7 atom stereocenters. The van der Waals surface area contributed by atoms with Crippen LogP contribution < -0.4 is 4.89 Å². The predicted molar refractivity (Wildman–Crippen MR) is 108 cm³/mol. The average Bonchev–Trinajstić information content (AvgIpc) is 3.11. The van der Waals surface area contributed by atoms with E-state index < -0.39 is 32.2 Å². The Kier molecular flexibility index (Phi) is 8.93. The summed E-state index contributed by atoms with van der Waals surface area (Å²) in [5.41, 5.74) is -1.30. The quantitative estimate of drug-likeness (QED) is 0.373. The van der Waals surface area contributed by atoms with Crippen LogP contribution in [0.5, 0.6) is 0 Å². The summed E-state index contributed by atoms with van der Waals surface area (Å²) in [5.74, 6) is -0.0941. The Bertz CT molecular complexity index is 625. The first-order valence-electron chi connectivity index (χ1n) is 10.5. The van der Waals surface area contributed by atoms with Gasteiger partial charge in [0.25, 0.3) is 0 Å². The van der Waals surface area contributed by atoms with Gasteiger partial charge < -0.3 is 38.0 Å². The largest absolute Gasteiger partial charge is 0.746 e. The second kappa shape index (κ2) is 10.4. The van der Waals surface area contributed by atoms with Crippen molar-refractivity contribution in [3.8, 4) is 0 Å². The molecule has 0 radical (unpaired) electrons. The van der Waals surface area contributed by atoms with E-state index >= 15 is 0 Å². The van der Waals surface area contributed by atoms with Gasteiger partial charge in [0.15, 0.2) is 0 Å². The third-order valence-corrected chi connectivity index (χ3v) is 6.00. The third kappa shape index (κ3) is 6.74. The maximum atomic E-state index is 12.7. The molecule has 2 aliphatic heterocycles. The Morgan fingerprint density at radius 2 is 1.90 bits per heavy atom. The Morgan fingerprint density at radius 1 is 1.23 bits per heavy atom. The van der Waals surface area contributed by atoms with Crippen molar-refractivity contribution in [3.05, 3.63) is 12.3 Å². The van der Waals surface area contributed by atoms with E-state index in [1.54, 1.807) is 6.92 Å². The van der Waals surface area contributed by atoms with Crippen LogP contribution in [0.1, 0.15) is 54.4 Å². The number of aliphatic hydroxyl groups excluding tert-OH is 1. The van der Waals surface area contributed by atoms with Gasteiger partial charge in [-0.3, -0.25) is 4.57 Å². The fourth-order valence-electron chi connectivity index (χ4n) is 3.78. The number of hydrogen-bond acceptors (Lipinski definition) is 9. The van der Waals surface area contributed by atoms with Crippen molar-refractivity contribution in [2.45, 2.75) is 103 Å². The lowest BCUT2D eigenvalue weighted by molar-refractivity contribution is -0.236. The molecule has 0 aromatic heterocycles. The van der Waals surface area contributed by atoms with Crippen LogP contribution >= 0.6 is 7.82 Å². The molecule has 3 unspecified atom stereocenters. The number of ether oxygens (including phenoxy) is 4. The summed E-state index contributed by atoms with van der Waals surface area (Å²) in [6, 6.07) is 0. The van der Waals surface area contributed by atoms with Crippen LogP contribution in [0.4, 0.5) is 0 Å². The fourth-order valence-corrected chi connectivity index (χ4v) is 4.80. The number of rotatable bonds is 11. The molecule has 30 heavy (non-hydrogen) atoms. The van der Waals surface area contributed by atoms with E-state index in [9.17, 15) is 14.6 Å². The molecule has 2 saturated heterocycles. The summed E-state index contributed by atoms with van der Waals surface area (Å²) < 4.78 is 46.1. The molecular weight excluding hydrogens is 415 g/mol. The molecule has 0 aromatic carbocycles. The lowest BCUT2D eigenvalue weighted by atomic mass is 9.98.